The molecule has 1 aliphatic carbocycles. The van der Waals surface area contributed by atoms with Crippen molar-refractivity contribution < 1.29 is 9.13 Å². The van der Waals surface area contributed by atoms with Crippen LogP contribution in [0, 0.1) is 12.7 Å². The van der Waals surface area contributed by atoms with Crippen LogP contribution in [0.3, 0.4) is 0 Å². The Morgan fingerprint density at radius 2 is 1.95 bits per heavy atom. The van der Waals surface area contributed by atoms with E-state index in [4.69, 9.17) is 4.74 Å². The van der Waals surface area contributed by atoms with Crippen LogP contribution < -0.4 is 10.1 Å². The number of nitrogens with one attached hydrogen (secondary N) is 1. The van der Waals surface area contributed by atoms with E-state index in [9.17, 15) is 4.39 Å². The molecule has 0 bridgehead atoms. The van der Waals surface area contributed by atoms with Gasteiger partial charge in [0.25, 0.3) is 0 Å². The van der Waals surface area contributed by atoms with Gasteiger partial charge in [0.2, 0.25) is 0 Å². The average molecular weight is 285 g/mol. The maximum atomic E-state index is 14.4. The summed E-state index contributed by atoms with van der Waals surface area (Å²) < 4.78 is 20.2. The second kappa shape index (κ2) is 5.86. The summed E-state index contributed by atoms with van der Waals surface area (Å²) in [5, 5.41) is 3.20. The standard InChI is InChI=1S/C18H20FNO/c1-12-5-3-8-16(17(12)19)18(20-2)13-6-4-7-15(11-13)21-14-9-10-14/h3-8,11,14,18,20H,9-10H2,1-2H3. The zero-order chi connectivity index (χ0) is 14.8. The molecule has 110 valence electrons. The van der Waals surface area contributed by atoms with E-state index >= 15 is 0 Å². The van der Waals surface area contributed by atoms with Crippen molar-refractivity contribution in [2.24, 2.45) is 0 Å². The molecule has 21 heavy (non-hydrogen) atoms. The average Bonchev–Trinajstić information content (AvgIpc) is 3.29. The van der Waals surface area contributed by atoms with Gasteiger partial charge in [-0.1, -0.05) is 30.3 Å². The molecule has 1 aliphatic rings. The molecule has 2 aromatic rings. The molecule has 2 aromatic carbocycles. The summed E-state index contributed by atoms with van der Waals surface area (Å²) in [5.74, 6) is 0.716. The monoisotopic (exact) mass is 285 g/mol. The molecule has 1 N–H and O–H groups in total. The van der Waals surface area contributed by atoms with E-state index in [0.717, 1.165) is 24.2 Å². The minimum Gasteiger partial charge on any atom is -0.490 e. The van der Waals surface area contributed by atoms with Gasteiger partial charge in [-0.2, -0.15) is 0 Å². The Morgan fingerprint density at radius 3 is 2.67 bits per heavy atom. The first-order chi connectivity index (χ1) is 10.2. The summed E-state index contributed by atoms with van der Waals surface area (Å²) in [5.41, 5.74) is 2.35. The van der Waals surface area contributed by atoms with Crippen molar-refractivity contribution in [1.82, 2.24) is 5.32 Å². The van der Waals surface area contributed by atoms with E-state index in [2.05, 4.69) is 5.32 Å². The molecule has 1 atom stereocenters. The lowest BCUT2D eigenvalue weighted by Crippen LogP contribution is -2.19. The maximum absolute atomic E-state index is 14.4. The van der Waals surface area contributed by atoms with Gasteiger partial charge in [-0.25, -0.2) is 4.39 Å². The molecule has 0 aromatic heterocycles. The predicted molar refractivity (Wildman–Crippen MR) is 82.1 cm³/mol. The Bertz CT molecular complexity index is 637. The molecule has 0 saturated heterocycles. The van der Waals surface area contributed by atoms with Crippen molar-refractivity contribution in [1.29, 1.82) is 0 Å². The highest BCUT2D eigenvalue weighted by Crippen LogP contribution is 2.31. The molecule has 0 aliphatic heterocycles. The molecule has 3 rings (SSSR count). The second-order valence-electron chi connectivity index (χ2n) is 5.59. The SMILES string of the molecule is CNC(c1cccc(OC2CC2)c1)c1cccc(C)c1F. The second-order valence-corrected chi connectivity index (χ2v) is 5.59. The summed E-state index contributed by atoms with van der Waals surface area (Å²) in [7, 11) is 1.85. The maximum Gasteiger partial charge on any atom is 0.131 e. The van der Waals surface area contributed by atoms with Crippen molar-refractivity contribution in [3.63, 3.8) is 0 Å². The first kappa shape index (κ1) is 14.1. The van der Waals surface area contributed by atoms with Crippen LogP contribution >= 0.6 is 0 Å². The van der Waals surface area contributed by atoms with E-state index in [1.54, 1.807) is 13.0 Å². The van der Waals surface area contributed by atoms with Crippen molar-refractivity contribution in [2.45, 2.75) is 31.9 Å². The van der Waals surface area contributed by atoms with Crippen LogP contribution in [0.2, 0.25) is 0 Å². The quantitative estimate of drug-likeness (QED) is 0.897. The van der Waals surface area contributed by atoms with Gasteiger partial charge in [-0.05, 0) is 50.1 Å². The minimum absolute atomic E-state index is 0.148. The highest BCUT2D eigenvalue weighted by atomic mass is 19.1. The van der Waals surface area contributed by atoms with Crippen LogP contribution in [-0.4, -0.2) is 13.2 Å². The lowest BCUT2D eigenvalue weighted by atomic mass is 9.96. The third-order valence-corrected chi connectivity index (χ3v) is 3.84. The molecule has 1 saturated carbocycles. The summed E-state index contributed by atoms with van der Waals surface area (Å²) in [4.78, 5) is 0. The van der Waals surface area contributed by atoms with Crippen LogP contribution in [0.15, 0.2) is 42.5 Å². The summed E-state index contributed by atoms with van der Waals surface area (Å²) in [6.45, 7) is 1.79. The number of aryl methyl sites for hydroxylation is 1. The summed E-state index contributed by atoms with van der Waals surface area (Å²) >= 11 is 0. The number of hydrogen-bond donors (Lipinski definition) is 1. The first-order valence-corrected chi connectivity index (χ1v) is 7.38. The van der Waals surface area contributed by atoms with Gasteiger partial charge in [0, 0.05) is 5.56 Å². The van der Waals surface area contributed by atoms with Crippen LogP contribution in [0.4, 0.5) is 4.39 Å². The van der Waals surface area contributed by atoms with E-state index in [1.165, 1.54) is 0 Å². The van der Waals surface area contributed by atoms with Gasteiger partial charge in [-0.3, -0.25) is 0 Å². The number of benzene rings is 2. The molecule has 0 radical (unpaired) electrons. The number of rotatable bonds is 5. The Labute approximate surface area is 125 Å². The fourth-order valence-electron chi connectivity index (χ4n) is 2.54. The molecule has 1 unspecified atom stereocenters. The van der Waals surface area contributed by atoms with Gasteiger partial charge in [-0.15, -0.1) is 0 Å². The third kappa shape index (κ3) is 3.08. The Kier molecular flexibility index (Phi) is 3.93. The molecule has 3 heteroatoms. The van der Waals surface area contributed by atoms with Crippen molar-refractivity contribution >= 4 is 0 Å². The smallest absolute Gasteiger partial charge is 0.131 e. The van der Waals surface area contributed by atoms with E-state index in [1.807, 2.05) is 43.4 Å². The Hall–Kier alpha value is -1.87. The van der Waals surface area contributed by atoms with Crippen LogP contribution in [0.25, 0.3) is 0 Å². The topological polar surface area (TPSA) is 21.3 Å². The van der Waals surface area contributed by atoms with Crippen molar-refractivity contribution in [3.8, 4) is 5.75 Å². The lowest BCUT2D eigenvalue weighted by Gasteiger charge is -2.19. The lowest BCUT2D eigenvalue weighted by molar-refractivity contribution is 0.302. The number of ether oxygens (including phenoxy) is 1. The molecule has 0 amide bonds. The van der Waals surface area contributed by atoms with E-state index in [-0.39, 0.29) is 11.9 Å². The van der Waals surface area contributed by atoms with Gasteiger partial charge in [0.1, 0.15) is 11.6 Å². The van der Waals surface area contributed by atoms with Crippen LogP contribution in [0.5, 0.6) is 5.75 Å². The molecule has 1 fully saturated rings. The van der Waals surface area contributed by atoms with Crippen molar-refractivity contribution in [2.75, 3.05) is 7.05 Å². The zero-order valence-electron chi connectivity index (χ0n) is 12.4. The Balaban J connectivity index is 1.93. The van der Waals surface area contributed by atoms with E-state index < -0.39 is 0 Å². The van der Waals surface area contributed by atoms with Gasteiger partial charge < -0.3 is 10.1 Å². The number of halogens is 1. The van der Waals surface area contributed by atoms with Crippen LogP contribution in [0.1, 0.15) is 35.6 Å². The minimum atomic E-state index is -0.173. The summed E-state index contributed by atoms with van der Waals surface area (Å²) in [6.07, 6.45) is 2.63. The normalized spacial score (nSPS) is 15.8. The molecular formula is C18H20FNO. The molecule has 0 heterocycles. The largest absolute Gasteiger partial charge is 0.490 e. The number of hydrogen-bond acceptors (Lipinski definition) is 2. The van der Waals surface area contributed by atoms with Gasteiger partial charge >= 0.3 is 0 Å². The fraction of sp³-hybridized carbons (Fsp3) is 0.333. The molecule has 2 nitrogen and oxygen atoms in total. The fourth-order valence-corrected chi connectivity index (χ4v) is 2.54. The van der Waals surface area contributed by atoms with Gasteiger partial charge in [0.15, 0.2) is 0 Å². The molecular weight excluding hydrogens is 265 g/mol. The third-order valence-electron chi connectivity index (χ3n) is 3.84. The van der Waals surface area contributed by atoms with E-state index in [0.29, 0.717) is 17.2 Å². The van der Waals surface area contributed by atoms with Crippen molar-refractivity contribution in [3.05, 3.63) is 65.0 Å². The summed E-state index contributed by atoms with van der Waals surface area (Å²) in [6, 6.07) is 13.3. The van der Waals surface area contributed by atoms with Gasteiger partial charge in [0.05, 0.1) is 12.1 Å². The molecule has 0 spiro atoms. The highest BCUT2D eigenvalue weighted by molar-refractivity contribution is 5.39. The Morgan fingerprint density at radius 1 is 1.19 bits per heavy atom. The van der Waals surface area contributed by atoms with Crippen LogP contribution in [-0.2, 0) is 0 Å². The zero-order valence-corrected chi connectivity index (χ0v) is 12.4. The highest BCUT2D eigenvalue weighted by Gasteiger charge is 2.24. The first-order valence-electron chi connectivity index (χ1n) is 7.38. The predicted octanol–water partition coefficient (Wildman–Crippen LogP) is 3.98.